The topological polar surface area (TPSA) is 70.6 Å². The van der Waals surface area contributed by atoms with Crippen molar-refractivity contribution in [3.8, 4) is 5.75 Å². The van der Waals surface area contributed by atoms with Crippen molar-refractivity contribution in [3.63, 3.8) is 0 Å². The normalized spacial score (nSPS) is 16.0. The molecule has 1 aliphatic rings. The van der Waals surface area contributed by atoms with Crippen LogP contribution in [0.3, 0.4) is 0 Å². The number of methoxy groups -OCH3 is 1. The van der Waals surface area contributed by atoms with E-state index < -0.39 is 5.60 Å². The van der Waals surface area contributed by atoms with Gasteiger partial charge in [0, 0.05) is 13.1 Å². The summed E-state index contributed by atoms with van der Waals surface area (Å²) < 4.78 is 5.28. The van der Waals surface area contributed by atoms with Crippen molar-refractivity contribution < 1.29 is 14.6 Å². The Morgan fingerprint density at radius 2 is 2.14 bits per heavy atom. The molecule has 116 valence electrons. The second kappa shape index (κ2) is 6.80. The van der Waals surface area contributed by atoms with E-state index in [0.717, 1.165) is 42.6 Å². The van der Waals surface area contributed by atoms with Gasteiger partial charge in [-0.1, -0.05) is 12.1 Å². The fraction of sp³-hybridized carbons (Fsp3) is 0.562. The molecule has 0 aromatic heterocycles. The highest BCUT2D eigenvalue weighted by atomic mass is 16.5. The van der Waals surface area contributed by atoms with Crippen LogP contribution in [0.5, 0.6) is 5.75 Å². The van der Waals surface area contributed by atoms with Crippen LogP contribution in [-0.2, 0) is 6.42 Å². The third-order valence-corrected chi connectivity index (χ3v) is 4.03. The third kappa shape index (κ3) is 4.36. The van der Waals surface area contributed by atoms with Gasteiger partial charge in [-0.25, -0.2) is 4.79 Å². The van der Waals surface area contributed by atoms with Crippen molar-refractivity contribution in [2.75, 3.05) is 20.2 Å². The van der Waals surface area contributed by atoms with Crippen LogP contribution in [0.15, 0.2) is 18.2 Å². The molecule has 1 aromatic rings. The standard InChI is InChI=1S/C16H24N2O3/c1-12-4-5-13(10-14(12)21-2)6-9-17-15(19)18-11-16(20)7-3-8-16/h4-5,10,20H,3,6-9,11H2,1-2H3,(H2,17,18,19). The molecule has 0 atom stereocenters. The quantitative estimate of drug-likeness (QED) is 0.748. The lowest BCUT2D eigenvalue weighted by atomic mass is 9.80. The molecular formula is C16H24N2O3. The molecule has 5 heteroatoms. The SMILES string of the molecule is COc1cc(CCNC(=O)NCC2(O)CCC2)ccc1C. The van der Waals surface area contributed by atoms with Crippen LogP contribution in [0, 0.1) is 6.92 Å². The fourth-order valence-electron chi connectivity index (χ4n) is 2.41. The van der Waals surface area contributed by atoms with Gasteiger partial charge in [-0.3, -0.25) is 0 Å². The summed E-state index contributed by atoms with van der Waals surface area (Å²) in [6.07, 6.45) is 3.33. The number of carbonyl (C=O) groups excluding carboxylic acids is 1. The molecule has 0 saturated heterocycles. The highest BCUT2D eigenvalue weighted by Crippen LogP contribution is 2.30. The highest BCUT2D eigenvalue weighted by molar-refractivity contribution is 5.73. The molecule has 0 aliphatic heterocycles. The minimum absolute atomic E-state index is 0.227. The van der Waals surface area contributed by atoms with E-state index in [9.17, 15) is 9.90 Å². The first-order valence-corrected chi connectivity index (χ1v) is 7.40. The molecular weight excluding hydrogens is 268 g/mol. The van der Waals surface area contributed by atoms with Crippen molar-refractivity contribution in [2.24, 2.45) is 0 Å². The summed E-state index contributed by atoms with van der Waals surface area (Å²) in [7, 11) is 1.66. The molecule has 5 nitrogen and oxygen atoms in total. The molecule has 1 aromatic carbocycles. The van der Waals surface area contributed by atoms with Crippen LogP contribution in [-0.4, -0.2) is 36.9 Å². The van der Waals surface area contributed by atoms with Crippen LogP contribution in [0.2, 0.25) is 0 Å². The molecule has 21 heavy (non-hydrogen) atoms. The van der Waals surface area contributed by atoms with E-state index in [-0.39, 0.29) is 6.03 Å². The largest absolute Gasteiger partial charge is 0.496 e. The van der Waals surface area contributed by atoms with Crippen molar-refractivity contribution in [3.05, 3.63) is 29.3 Å². The summed E-state index contributed by atoms with van der Waals surface area (Å²) in [5.74, 6) is 0.865. The van der Waals surface area contributed by atoms with Crippen molar-refractivity contribution >= 4 is 6.03 Å². The van der Waals surface area contributed by atoms with Gasteiger partial charge >= 0.3 is 6.03 Å². The summed E-state index contributed by atoms with van der Waals surface area (Å²) in [5.41, 5.74) is 1.54. The number of aliphatic hydroxyl groups is 1. The number of nitrogens with one attached hydrogen (secondary N) is 2. The second-order valence-electron chi connectivity index (χ2n) is 5.74. The Morgan fingerprint density at radius 3 is 2.76 bits per heavy atom. The molecule has 0 bridgehead atoms. The Hall–Kier alpha value is -1.75. The molecule has 0 unspecified atom stereocenters. The zero-order chi connectivity index (χ0) is 15.3. The van der Waals surface area contributed by atoms with E-state index in [0.29, 0.717) is 13.1 Å². The fourth-order valence-corrected chi connectivity index (χ4v) is 2.41. The van der Waals surface area contributed by atoms with Gasteiger partial charge in [0.05, 0.1) is 12.7 Å². The van der Waals surface area contributed by atoms with Crippen molar-refractivity contribution in [1.82, 2.24) is 10.6 Å². The summed E-state index contributed by atoms with van der Waals surface area (Å²) in [5, 5.41) is 15.4. The second-order valence-corrected chi connectivity index (χ2v) is 5.74. The van der Waals surface area contributed by atoms with Crippen LogP contribution in [0.4, 0.5) is 4.79 Å². The van der Waals surface area contributed by atoms with Crippen LogP contribution < -0.4 is 15.4 Å². The van der Waals surface area contributed by atoms with Crippen LogP contribution in [0.25, 0.3) is 0 Å². The number of ether oxygens (including phenoxy) is 1. The van der Waals surface area contributed by atoms with Gasteiger partial charge in [0.1, 0.15) is 5.75 Å². The van der Waals surface area contributed by atoms with Crippen LogP contribution in [0.1, 0.15) is 30.4 Å². The number of amides is 2. The Bertz CT molecular complexity index is 498. The maximum Gasteiger partial charge on any atom is 0.314 e. The zero-order valence-corrected chi connectivity index (χ0v) is 12.7. The van der Waals surface area contributed by atoms with Gasteiger partial charge in [-0.15, -0.1) is 0 Å². The molecule has 1 aliphatic carbocycles. The van der Waals surface area contributed by atoms with Crippen LogP contribution >= 0.6 is 0 Å². The predicted octanol–water partition coefficient (Wildman–Crippen LogP) is 1.76. The maximum absolute atomic E-state index is 11.6. The molecule has 1 fully saturated rings. The first-order valence-electron chi connectivity index (χ1n) is 7.40. The summed E-state index contributed by atoms with van der Waals surface area (Å²) in [4.78, 5) is 11.6. The maximum atomic E-state index is 11.6. The molecule has 2 amide bonds. The van der Waals surface area contributed by atoms with Gasteiger partial charge < -0.3 is 20.5 Å². The number of hydrogen-bond donors (Lipinski definition) is 3. The third-order valence-electron chi connectivity index (χ3n) is 4.03. The molecule has 0 radical (unpaired) electrons. The average molecular weight is 292 g/mol. The Balaban J connectivity index is 1.70. The highest BCUT2D eigenvalue weighted by Gasteiger charge is 2.34. The zero-order valence-electron chi connectivity index (χ0n) is 12.7. The van der Waals surface area contributed by atoms with Gasteiger partial charge in [0.2, 0.25) is 0 Å². The summed E-state index contributed by atoms with van der Waals surface area (Å²) >= 11 is 0. The van der Waals surface area contributed by atoms with E-state index in [2.05, 4.69) is 10.6 Å². The Morgan fingerprint density at radius 1 is 1.38 bits per heavy atom. The minimum Gasteiger partial charge on any atom is -0.496 e. The van der Waals surface area contributed by atoms with Gasteiger partial charge in [-0.2, -0.15) is 0 Å². The monoisotopic (exact) mass is 292 g/mol. The van der Waals surface area contributed by atoms with Crippen molar-refractivity contribution in [1.29, 1.82) is 0 Å². The van der Waals surface area contributed by atoms with E-state index in [1.54, 1.807) is 7.11 Å². The van der Waals surface area contributed by atoms with E-state index in [1.807, 2.05) is 25.1 Å². The smallest absolute Gasteiger partial charge is 0.314 e. The number of carbonyl (C=O) groups is 1. The Labute approximate surface area is 125 Å². The molecule has 0 spiro atoms. The van der Waals surface area contributed by atoms with E-state index >= 15 is 0 Å². The lowest BCUT2D eigenvalue weighted by Gasteiger charge is -2.36. The van der Waals surface area contributed by atoms with Crippen molar-refractivity contribution in [2.45, 2.75) is 38.2 Å². The molecule has 1 saturated carbocycles. The van der Waals surface area contributed by atoms with Gasteiger partial charge in [-0.05, 0) is 49.8 Å². The first kappa shape index (κ1) is 15.6. The first-order chi connectivity index (χ1) is 10.0. The molecule has 2 rings (SSSR count). The van der Waals surface area contributed by atoms with E-state index in [1.165, 1.54) is 0 Å². The number of rotatable bonds is 6. The lowest BCUT2D eigenvalue weighted by Crippen LogP contribution is -2.50. The summed E-state index contributed by atoms with van der Waals surface area (Å²) in [6, 6.07) is 5.82. The Kier molecular flexibility index (Phi) is 5.07. The van der Waals surface area contributed by atoms with Gasteiger partial charge in [0.15, 0.2) is 0 Å². The minimum atomic E-state index is -0.679. The number of aryl methyl sites for hydroxylation is 1. The number of hydrogen-bond acceptors (Lipinski definition) is 3. The predicted molar refractivity (Wildman–Crippen MR) is 81.6 cm³/mol. The summed E-state index contributed by atoms with van der Waals surface area (Å²) in [6.45, 7) is 2.88. The van der Waals surface area contributed by atoms with Gasteiger partial charge in [0.25, 0.3) is 0 Å². The number of urea groups is 1. The average Bonchev–Trinajstić information content (AvgIpc) is 2.45. The van der Waals surface area contributed by atoms with E-state index in [4.69, 9.17) is 4.74 Å². The molecule has 0 heterocycles. The molecule has 3 N–H and O–H groups in total. The lowest BCUT2D eigenvalue weighted by molar-refractivity contribution is -0.0290. The number of benzene rings is 1.